The fraction of sp³-hybridized carbons (Fsp3) is 0.250. The van der Waals surface area contributed by atoms with Gasteiger partial charge in [-0.1, -0.05) is 36.4 Å². The van der Waals surface area contributed by atoms with Crippen LogP contribution in [0.2, 0.25) is 0 Å². The van der Waals surface area contributed by atoms with E-state index in [4.69, 9.17) is 4.74 Å². The predicted octanol–water partition coefficient (Wildman–Crippen LogP) is 2.73. The minimum atomic E-state index is -0.260. The Morgan fingerprint density at radius 3 is 2.31 bits per heavy atom. The number of nitrogens with one attached hydrogen (secondary N) is 1. The van der Waals surface area contributed by atoms with Crippen LogP contribution < -0.4 is 5.32 Å². The molecule has 3 amide bonds. The molecule has 1 N–H and O–H groups in total. The van der Waals surface area contributed by atoms with E-state index < -0.39 is 0 Å². The van der Waals surface area contributed by atoms with Crippen LogP contribution >= 0.6 is 0 Å². The lowest BCUT2D eigenvalue weighted by Crippen LogP contribution is -2.29. The van der Waals surface area contributed by atoms with Crippen molar-refractivity contribution < 1.29 is 19.1 Å². The van der Waals surface area contributed by atoms with Gasteiger partial charge in [-0.3, -0.25) is 19.3 Å². The number of benzene rings is 2. The number of rotatable bonds is 6. The van der Waals surface area contributed by atoms with Crippen molar-refractivity contribution in [2.45, 2.75) is 26.0 Å². The van der Waals surface area contributed by atoms with Gasteiger partial charge in [0.25, 0.3) is 5.91 Å². The van der Waals surface area contributed by atoms with E-state index in [1.165, 1.54) is 4.90 Å². The third-order valence-electron chi connectivity index (χ3n) is 4.31. The summed E-state index contributed by atoms with van der Waals surface area (Å²) in [5.41, 5.74) is 2.61. The summed E-state index contributed by atoms with van der Waals surface area (Å²) in [4.78, 5) is 37.7. The van der Waals surface area contributed by atoms with E-state index >= 15 is 0 Å². The first-order chi connectivity index (χ1) is 12.6. The molecule has 0 saturated carbocycles. The molecule has 1 aliphatic rings. The molecule has 2 aromatic carbocycles. The van der Waals surface area contributed by atoms with Crippen LogP contribution in [-0.4, -0.2) is 29.7 Å². The highest BCUT2D eigenvalue weighted by Gasteiger charge is 2.29. The van der Waals surface area contributed by atoms with Gasteiger partial charge < -0.3 is 10.1 Å². The van der Waals surface area contributed by atoms with Crippen LogP contribution in [0.25, 0.3) is 0 Å². The molecule has 1 fully saturated rings. The van der Waals surface area contributed by atoms with E-state index in [0.29, 0.717) is 23.4 Å². The van der Waals surface area contributed by atoms with E-state index in [9.17, 15) is 14.4 Å². The normalized spacial score (nSPS) is 14.0. The maximum Gasteiger partial charge on any atom is 0.256 e. The quantitative estimate of drug-likeness (QED) is 0.811. The van der Waals surface area contributed by atoms with Gasteiger partial charge in [-0.15, -0.1) is 0 Å². The highest BCUT2D eigenvalue weighted by Crippen LogP contribution is 2.22. The third kappa shape index (κ3) is 3.81. The smallest absolute Gasteiger partial charge is 0.256 e. The van der Waals surface area contributed by atoms with Gasteiger partial charge in [0.2, 0.25) is 11.8 Å². The van der Waals surface area contributed by atoms with Crippen molar-refractivity contribution in [1.82, 2.24) is 4.90 Å². The average molecular weight is 352 g/mol. The fourth-order valence-electron chi connectivity index (χ4n) is 2.96. The Labute approximate surface area is 151 Å². The van der Waals surface area contributed by atoms with Crippen LogP contribution in [0, 0.1) is 0 Å². The predicted molar refractivity (Wildman–Crippen MR) is 96.3 cm³/mol. The monoisotopic (exact) mass is 352 g/mol. The van der Waals surface area contributed by atoms with Gasteiger partial charge in [0.05, 0.1) is 13.2 Å². The van der Waals surface area contributed by atoms with Gasteiger partial charge >= 0.3 is 0 Å². The number of imide groups is 1. The maximum atomic E-state index is 12.7. The van der Waals surface area contributed by atoms with Crippen LogP contribution in [-0.2, 0) is 27.5 Å². The molecule has 2 aromatic rings. The van der Waals surface area contributed by atoms with Crippen molar-refractivity contribution in [1.29, 1.82) is 0 Å². The summed E-state index contributed by atoms with van der Waals surface area (Å²) in [5, 5.41) is 2.89. The molecule has 26 heavy (non-hydrogen) atoms. The highest BCUT2D eigenvalue weighted by molar-refractivity contribution is 6.06. The second-order valence-electron chi connectivity index (χ2n) is 6.08. The molecule has 1 aliphatic heterocycles. The Kier molecular flexibility index (Phi) is 5.43. The molecule has 1 saturated heterocycles. The molecule has 6 nitrogen and oxygen atoms in total. The molecule has 0 unspecified atom stereocenters. The maximum absolute atomic E-state index is 12.7. The van der Waals surface area contributed by atoms with Gasteiger partial charge in [0.15, 0.2) is 0 Å². The van der Waals surface area contributed by atoms with Crippen molar-refractivity contribution in [2.75, 3.05) is 12.4 Å². The van der Waals surface area contributed by atoms with Crippen LogP contribution in [0.1, 0.15) is 34.3 Å². The van der Waals surface area contributed by atoms with Crippen LogP contribution in [0.3, 0.4) is 0 Å². The number of hydrogen-bond donors (Lipinski definition) is 1. The lowest BCUT2D eigenvalue weighted by atomic mass is 10.1. The number of methoxy groups -OCH3 is 1. The first-order valence-corrected chi connectivity index (χ1v) is 8.39. The van der Waals surface area contributed by atoms with E-state index in [1.807, 2.05) is 18.2 Å². The summed E-state index contributed by atoms with van der Waals surface area (Å²) in [6.07, 6.45) is 0.496. The van der Waals surface area contributed by atoms with Gasteiger partial charge in [-0.05, 0) is 23.3 Å². The summed E-state index contributed by atoms with van der Waals surface area (Å²) in [7, 11) is 1.58. The van der Waals surface area contributed by atoms with E-state index in [-0.39, 0.29) is 37.1 Å². The number of nitrogens with zero attached hydrogens (tertiary/aromatic N) is 1. The zero-order chi connectivity index (χ0) is 18.5. The number of carbonyl (C=O) groups is 3. The molecule has 0 aliphatic carbocycles. The molecule has 3 rings (SSSR count). The summed E-state index contributed by atoms with van der Waals surface area (Å²) < 4.78 is 5.14. The van der Waals surface area contributed by atoms with Crippen LogP contribution in [0.5, 0.6) is 0 Å². The summed E-state index contributed by atoms with van der Waals surface area (Å²) in [6, 6.07) is 14.4. The molecule has 0 spiro atoms. The first kappa shape index (κ1) is 17.8. The van der Waals surface area contributed by atoms with Crippen LogP contribution in [0.4, 0.5) is 5.69 Å². The number of amides is 3. The second-order valence-corrected chi connectivity index (χ2v) is 6.08. The summed E-state index contributed by atoms with van der Waals surface area (Å²) >= 11 is 0. The average Bonchev–Trinajstić information content (AvgIpc) is 2.96. The van der Waals surface area contributed by atoms with Gasteiger partial charge in [0, 0.05) is 31.2 Å². The van der Waals surface area contributed by atoms with Crippen molar-refractivity contribution in [3.63, 3.8) is 0 Å². The van der Waals surface area contributed by atoms with Crippen molar-refractivity contribution in [2.24, 2.45) is 0 Å². The standard InChI is InChI=1S/C20H20N2O4/c1-26-13-15-7-2-4-8-16(15)20(25)21-17-9-5-3-6-14(17)12-22-18(23)10-11-19(22)24/h2-9H,10-13H2,1H3,(H,21,25). The molecule has 0 aromatic heterocycles. The fourth-order valence-corrected chi connectivity index (χ4v) is 2.96. The zero-order valence-corrected chi connectivity index (χ0v) is 14.5. The number of hydrogen-bond acceptors (Lipinski definition) is 4. The SMILES string of the molecule is COCc1ccccc1C(=O)Nc1ccccc1CN1C(=O)CCC1=O. The molecule has 1 heterocycles. The van der Waals surface area contributed by atoms with Crippen molar-refractivity contribution in [3.05, 3.63) is 65.2 Å². The Balaban J connectivity index is 1.81. The van der Waals surface area contributed by atoms with Gasteiger partial charge in [-0.2, -0.15) is 0 Å². The minimum Gasteiger partial charge on any atom is -0.380 e. The number of likely N-dealkylation sites (tertiary alicyclic amines) is 1. The lowest BCUT2D eigenvalue weighted by molar-refractivity contribution is -0.139. The van der Waals surface area contributed by atoms with Crippen molar-refractivity contribution in [3.8, 4) is 0 Å². The Bertz CT molecular complexity index is 831. The highest BCUT2D eigenvalue weighted by atomic mass is 16.5. The molecular formula is C20H20N2O4. The Hall–Kier alpha value is -2.99. The molecule has 0 bridgehead atoms. The molecule has 0 radical (unpaired) electrons. The molecule has 134 valence electrons. The molecule has 0 atom stereocenters. The third-order valence-corrected chi connectivity index (χ3v) is 4.31. The van der Waals surface area contributed by atoms with Gasteiger partial charge in [0.1, 0.15) is 0 Å². The van der Waals surface area contributed by atoms with Crippen molar-refractivity contribution >= 4 is 23.4 Å². The Morgan fingerprint density at radius 1 is 1.00 bits per heavy atom. The van der Waals surface area contributed by atoms with E-state index in [1.54, 1.807) is 37.4 Å². The van der Waals surface area contributed by atoms with E-state index in [2.05, 4.69) is 5.32 Å². The lowest BCUT2D eigenvalue weighted by Gasteiger charge is -2.17. The van der Waals surface area contributed by atoms with E-state index in [0.717, 1.165) is 5.56 Å². The number of carbonyl (C=O) groups excluding carboxylic acids is 3. The zero-order valence-electron chi connectivity index (χ0n) is 14.5. The number of ether oxygens (including phenoxy) is 1. The first-order valence-electron chi connectivity index (χ1n) is 8.39. The Morgan fingerprint density at radius 2 is 1.62 bits per heavy atom. The summed E-state index contributed by atoms with van der Waals surface area (Å²) in [6.45, 7) is 0.496. The van der Waals surface area contributed by atoms with Crippen LogP contribution in [0.15, 0.2) is 48.5 Å². The second kappa shape index (κ2) is 7.93. The minimum absolute atomic E-state index is 0.161. The molecular weight excluding hydrogens is 332 g/mol. The number of anilines is 1. The number of para-hydroxylation sites is 1. The summed E-state index contributed by atoms with van der Waals surface area (Å²) in [5.74, 6) is -0.618. The molecule has 6 heteroatoms. The largest absolute Gasteiger partial charge is 0.380 e. The van der Waals surface area contributed by atoms with Gasteiger partial charge in [-0.25, -0.2) is 0 Å². The topological polar surface area (TPSA) is 75.7 Å².